The van der Waals surface area contributed by atoms with E-state index in [2.05, 4.69) is 34.6 Å². The highest BCUT2D eigenvalue weighted by Crippen LogP contribution is 2.71. The molecule has 6 aliphatic rings. The molecule has 0 aromatic heterocycles. The molecule has 0 radical (unpaired) electrons. The van der Waals surface area contributed by atoms with Crippen LogP contribution in [0.4, 0.5) is 0 Å². The predicted molar refractivity (Wildman–Crippen MR) is 121 cm³/mol. The van der Waals surface area contributed by atoms with Crippen molar-refractivity contribution in [3.63, 3.8) is 0 Å². The van der Waals surface area contributed by atoms with Crippen LogP contribution < -0.4 is 0 Å². The highest BCUT2D eigenvalue weighted by atomic mass is 16.7. The van der Waals surface area contributed by atoms with Crippen molar-refractivity contribution in [3.05, 3.63) is 0 Å². The van der Waals surface area contributed by atoms with Crippen molar-refractivity contribution in [3.8, 4) is 0 Å². The number of hydrogen-bond donors (Lipinski definition) is 0. The molecular formula is C28H46O2. The van der Waals surface area contributed by atoms with E-state index < -0.39 is 0 Å². The molecule has 6 fully saturated rings. The normalized spacial score (nSPS) is 62.5. The zero-order valence-electron chi connectivity index (χ0n) is 20.3. The Kier molecular flexibility index (Phi) is 4.60. The van der Waals surface area contributed by atoms with Crippen LogP contribution in [0.5, 0.6) is 0 Å². The summed E-state index contributed by atoms with van der Waals surface area (Å²) in [5.41, 5.74) is 1.11. The maximum absolute atomic E-state index is 6.93. The largest absolute Gasteiger partial charge is 0.349 e. The van der Waals surface area contributed by atoms with Crippen LogP contribution in [0.15, 0.2) is 0 Å². The lowest BCUT2D eigenvalue weighted by atomic mass is 9.44. The maximum Gasteiger partial charge on any atom is 0.171 e. The van der Waals surface area contributed by atoms with Crippen LogP contribution in [0, 0.1) is 58.2 Å². The first kappa shape index (κ1) is 20.5. The van der Waals surface area contributed by atoms with Gasteiger partial charge >= 0.3 is 0 Å². The van der Waals surface area contributed by atoms with Crippen molar-refractivity contribution in [1.29, 1.82) is 0 Å². The Balaban J connectivity index is 1.26. The fourth-order valence-electron chi connectivity index (χ4n) is 10.5. The Labute approximate surface area is 185 Å². The van der Waals surface area contributed by atoms with E-state index in [0.29, 0.717) is 34.7 Å². The molecule has 1 spiro atoms. The Morgan fingerprint density at radius 2 is 1.50 bits per heavy atom. The van der Waals surface area contributed by atoms with Gasteiger partial charge in [0.15, 0.2) is 5.79 Å². The van der Waals surface area contributed by atoms with Crippen LogP contribution in [-0.2, 0) is 9.47 Å². The highest BCUT2D eigenvalue weighted by Gasteiger charge is 2.69. The van der Waals surface area contributed by atoms with E-state index in [1.54, 1.807) is 0 Å². The molecule has 2 heteroatoms. The monoisotopic (exact) mass is 414 g/mol. The van der Waals surface area contributed by atoms with Crippen LogP contribution in [0.3, 0.4) is 0 Å². The fourth-order valence-corrected chi connectivity index (χ4v) is 10.5. The van der Waals surface area contributed by atoms with Crippen LogP contribution in [0.25, 0.3) is 0 Å². The lowest BCUT2D eigenvalue weighted by Crippen LogP contribution is -2.54. The van der Waals surface area contributed by atoms with Crippen molar-refractivity contribution in [1.82, 2.24) is 0 Å². The molecule has 0 aromatic carbocycles. The van der Waals surface area contributed by atoms with Crippen molar-refractivity contribution in [2.45, 2.75) is 111 Å². The summed E-state index contributed by atoms with van der Waals surface area (Å²) in [6.45, 7) is 13.6. The molecular weight excluding hydrogens is 368 g/mol. The van der Waals surface area contributed by atoms with Crippen molar-refractivity contribution in [2.24, 2.45) is 58.2 Å². The van der Waals surface area contributed by atoms with Crippen LogP contribution in [0.2, 0.25) is 0 Å². The molecule has 2 heterocycles. The SMILES string of the molecule is CC1CCC2(OC1)OC1CC3C4CCC5CC(C)CC[C@]5(C)C4CC[C@]3(C)[C@H]1[C@@H]2C. The minimum Gasteiger partial charge on any atom is -0.349 e. The quantitative estimate of drug-likeness (QED) is 0.422. The highest BCUT2D eigenvalue weighted by molar-refractivity contribution is 5.15. The van der Waals surface area contributed by atoms with Gasteiger partial charge in [0.05, 0.1) is 12.7 Å². The first-order valence-electron chi connectivity index (χ1n) is 13.6. The lowest BCUT2D eigenvalue weighted by molar-refractivity contribution is -0.273. The Hall–Kier alpha value is -0.0800. The summed E-state index contributed by atoms with van der Waals surface area (Å²) in [4.78, 5) is 0. The molecule has 6 rings (SSSR count). The summed E-state index contributed by atoms with van der Waals surface area (Å²) in [6, 6.07) is 0. The van der Waals surface area contributed by atoms with Gasteiger partial charge in [-0.15, -0.1) is 0 Å². The predicted octanol–water partition coefficient (Wildman–Crippen LogP) is 7.07. The van der Waals surface area contributed by atoms with Gasteiger partial charge in [-0.3, -0.25) is 0 Å². The van der Waals surface area contributed by atoms with Gasteiger partial charge in [-0.05, 0) is 104 Å². The zero-order valence-corrected chi connectivity index (χ0v) is 20.3. The van der Waals surface area contributed by atoms with Gasteiger partial charge < -0.3 is 9.47 Å². The van der Waals surface area contributed by atoms with E-state index in [4.69, 9.17) is 9.47 Å². The molecule has 0 bridgehead atoms. The van der Waals surface area contributed by atoms with Gasteiger partial charge in [0, 0.05) is 12.3 Å². The van der Waals surface area contributed by atoms with E-state index in [1.165, 1.54) is 57.8 Å². The number of rotatable bonds is 0. The third-order valence-electron chi connectivity index (χ3n) is 12.2. The smallest absolute Gasteiger partial charge is 0.171 e. The van der Waals surface area contributed by atoms with Gasteiger partial charge in [0.1, 0.15) is 0 Å². The van der Waals surface area contributed by atoms with E-state index in [0.717, 1.165) is 42.6 Å². The van der Waals surface area contributed by atoms with Gasteiger partial charge in [0.2, 0.25) is 0 Å². The lowest BCUT2D eigenvalue weighted by Gasteiger charge is -2.61. The molecule has 2 aliphatic heterocycles. The summed E-state index contributed by atoms with van der Waals surface area (Å²) in [6.07, 6.45) is 14.6. The minimum atomic E-state index is -0.254. The van der Waals surface area contributed by atoms with E-state index in [-0.39, 0.29) is 5.79 Å². The Morgan fingerprint density at radius 3 is 2.27 bits per heavy atom. The van der Waals surface area contributed by atoms with Gasteiger partial charge in [0.25, 0.3) is 0 Å². The number of fused-ring (bicyclic) bond motifs is 7. The Morgan fingerprint density at radius 1 is 0.733 bits per heavy atom. The molecule has 0 N–H and O–H groups in total. The fraction of sp³-hybridized carbons (Fsp3) is 1.00. The van der Waals surface area contributed by atoms with Crippen molar-refractivity contribution < 1.29 is 9.47 Å². The second kappa shape index (κ2) is 6.72. The maximum atomic E-state index is 6.93. The summed E-state index contributed by atoms with van der Waals surface area (Å²) in [5.74, 6) is 6.52. The number of hydrogen-bond acceptors (Lipinski definition) is 2. The molecule has 0 aromatic rings. The average Bonchev–Trinajstić information content (AvgIpc) is 3.16. The molecule has 8 unspecified atom stereocenters. The zero-order chi connectivity index (χ0) is 20.9. The summed E-state index contributed by atoms with van der Waals surface area (Å²) >= 11 is 0. The molecule has 4 saturated carbocycles. The third kappa shape index (κ3) is 2.62. The standard InChI is InChI=1S/C28H46O2/c1-17-8-11-26(4)20(14-17)6-7-21-22(26)10-12-27(5)23(21)15-24-25(27)19(3)28(30-24)13-9-18(2)16-29-28/h17-25H,6-16H2,1-5H3/t17?,18?,19-,20?,21?,22?,23?,24?,25-,26-,27-,28?/m0/s1. The van der Waals surface area contributed by atoms with E-state index in [9.17, 15) is 0 Å². The molecule has 0 amide bonds. The molecule has 170 valence electrons. The minimum absolute atomic E-state index is 0.254. The number of ether oxygens (including phenoxy) is 2. The second-order valence-electron chi connectivity index (χ2n) is 13.6. The van der Waals surface area contributed by atoms with Crippen molar-refractivity contribution >= 4 is 0 Å². The first-order chi connectivity index (χ1) is 14.3. The van der Waals surface area contributed by atoms with Crippen LogP contribution in [-0.4, -0.2) is 18.5 Å². The second-order valence-corrected chi connectivity index (χ2v) is 13.6. The Bertz CT molecular complexity index is 680. The molecule has 2 saturated heterocycles. The van der Waals surface area contributed by atoms with Crippen LogP contribution in [0.1, 0.15) is 98.8 Å². The van der Waals surface area contributed by atoms with Gasteiger partial charge in [-0.1, -0.05) is 41.0 Å². The van der Waals surface area contributed by atoms with Crippen LogP contribution >= 0.6 is 0 Å². The van der Waals surface area contributed by atoms with Crippen molar-refractivity contribution in [2.75, 3.05) is 6.61 Å². The molecule has 12 atom stereocenters. The average molecular weight is 415 g/mol. The topological polar surface area (TPSA) is 18.5 Å². The summed E-state index contributed by atoms with van der Waals surface area (Å²) < 4.78 is 13.4. The first-order valence-corrected chi connectivity index (χ1v) is 13.6. The summed E-state index contributed by atoms with van der Waals surface area (Å²) in [5, 5.41) is 0. The molecule has 2 nitrogen and oxygen atoms in total. The van der Waals surface area contributed by atoms with Gasteiger partial charge in [-0.2, -0.15) is 0 Å². The summed E-state index contributed by atoms with van der Waals surface area (Å²) in [7, 11) is 0. The molecule has 4 aliphatic carbocycles. The van der Waals surface area contributed by atoms with E-state index in [1.807, 2.05) is 0 Å². The third-order valence-corrected chi connectivity index (χ3v) is 12.2. The van der Waals surface area contributed by atoms with E-state index >= 15 is 0 Å². The van der Waals surface area contributed by atoms with Gasteiger partial charge in [-0.25, -0.2) is 0 Å². The molecule has 30 heavy (non-hydrogen) atoms.